The molecule has 26 heavy (non-hydrogen) atoms. The highest BCUT2D eigenvalue weighted by atomic mass is 32.2. The van der Waals surface area contributed by atoms with Gasteiger partial charge in [-0.1, -0.05) is 0 Å². The summed E-state index contributed by atoms with van der Waals surface area (Å²) in [5.74, 6) is -0.598. The summed E-state index contributed by atoms with van der Waals surface area (Å²) < 4.78 is 10.4. The monoisotopic (exact) mass is 390 g/mol. The van der Waals surface area contributed by atoms with Crippen LogP contribution in [0.3, 0.4) is 0 Å². The number of ether oxygens (including phenoxy) is 2. The molecule has 0 aliphatic carbocycles. The van der Waals surface area contributed by atoms with Crippen LogP contribution in [-0.2, 0) is 14.3 Å². The SMILES string of the molecule is CC(C)(C)OC(=O)NC(CCC1CN(C(=O)OC(C)(C)C)CS1)C(=O)O. The second kappa shape index (κ2) is 8.83. The number of thioether (sulfide) groups is 1. The molecule has 0 radical (unpaired) electrons. The van der Waals surface area contributed by atoms with Gasteiger partial charge in [-0.3, -0.25) is 4.90 Å². The number of nitrogens with one attached hydrogen (secondary N) is 1. The normalized spacial score (nSPS) is 19.0. The zero-order valence-corrected chi connectivity index (χ0v) is 17.1. The fraction of sp³-hybridized carbons (Fsp3) is 0.824. The molecule has 0 saturated carbocycles. The Kier molecular flexibility index (Phi) is 7.61. The van der Waals surface area contributed by atoms with Gasteiger partial charge in [0.05, 0.1) is 5.88 Å². The van der Waals surface area contributed by atoms with E-state index < -0.39 is 29.3 Å². The smallest absolute Gasteiger partial charge is 0.411 e. The zero-order chi connectivity index (χ0) is 20.1. The largest absolute Gasteiger partial charge is 0.480 e. The van der Waals surface area contributed by atoms with Gasteiger partial charge in [0.2, 0.25) is 0 Å². The third-order valence-electron chi connectivity index (χ3n) is 3.31. The summed E-state index contributed by atoms with van der Waals surface area (Å²) in [5.41, 5.74) is -1.24. The lowest BCUT2D eigenvalue weighted by Crippen LogP contribution is -2.43. The highest BCUT2D eigenvalue weighted by molar-refractivity contribution is 8.00. The Balaban J connectivity index is 2.47. The van der Waals surface area contributed by atoms with Crippen molar-refractivity contribution in [3.63, 3.8) is 0 Å². The molecular weight excluding hydrogens is 360 g/mol. The Morgan fingerprint density at radius 2 is 1.73 bits per heavy atom. The Labute approximate surface area is 159 Å². The van der Waals surface area contributed by atoms with Crippen molar-refractivity contribution >= 4 is 29.9 Å². The molecule has 0 aromatic rings. The minimum absolute atomic E-state index is 0.102. The molecule has 2 atom stereocenters. The van der Waals surface area contributed by atoms with Crippen LogP contribution in [0.4, 0.5) is 9.59 Å². The highest BCUT2D eigenvalue weighted by Gasteiger charge is 2.32. The van der Waals surface area contributed by atoms with Crippen LogP contribution in [0, 0.1) is 0 Å². The number of nitrogens with zero attached hydrogens (tertiary/aromatic N) is 1. The number of carbonyl (C=O) groups is 3. The van der Waals surface area contributed by atoms with Crippen molar-refractivity contribution in [1.82, 2.24) is 10.2 Å². The molecule has 1 saturated heterocycles. The predicted octanol–water partition coefficient (Wildman–Crippen LogP) is 3.05. The molecule has 8 nitrogen and oxygen atoms in total. The summed E-state index contributed by atoms with van der Waals surface area (Å²) in [4.78, 5) is 36.8. The van der Waals surface area contributed by atoms with Gasteiger partial charge in [0.1, 0.15) is 17.2 Å². The lowest BCUT2D eigenvalue weighted by atomic mass is 10.1. The van der Waals surface area contributed by atoms with Crippen molar-refractivity contribution < 1.29 is 29.0 Å². The molecule has 1 aliphatic rings. The third-order valence-corrected chi connectivity index (χ3v) is 4.63. The van der Waals surface area contributed by atoms with Crippen LogP contribution in [0.25, 0.3) is 0 Å². The van der Waals surface area contributed by atoms with Gasteiger partial charge in [-0.2, -0.15) is 0 Å². The first kappa shape index (κ1) is 22.4. The molecule has 0 aromatic heterocycles. The number of carbonyl (C=O) groups excluding carboxylic acids is 2. The Bertz CT molecular complexity index is 526. The highest BCUT2D eigenvalue weighted by Crippen LogP contribution is 2.28. The minimum atomic E-state index is -1.11. The average Bonchev–Trinajstić information content (AvgIpc) is 2.88. The third kappa shape index (κ3) is 8.64. The Morgan fingerprint density at radius 3 is 2.23 bits per heavy atom. The molecule has 1 aliphatic heterocycles. The van der Waals surface area contributed by atoms with E-state index in [4.69, 9.17) is 9.47 Å². The number of carboxylic acids is 1. The van der Waals surface area contributed by atoms with E-state index in [1.165, 1.54) is 0 Å². The first-order valence-electron chi connectivity index (χ1n) is 8.59. The summed E-state index contributed by atoms with van der Waals surface area (Å²) in [5, 5.41) is 11.8. The zero-order valence-electron chi connectivity index (χ0n) is 16.3. The summed E-state index contributed by atoms with van der Waals surface area (Å²) in [6.45, 7) is 11.1. The summed E-state index contributed by atoms with van der Waals surface area (Å²) in [6.07, 6.45) is -0.306. The fourth-order valence-corrected chi connectivity index (χ4v) is 3.42. The van der Waals surface area contributed by atoms with Crippen molar-refractivity contribution in [2.24, 2.45) is 0 Å². The van der Waals surface area contributed by atoms with E-state index in [0.717, 1.165) is 0 Å². The van der Waals surface area contributed by atoms with Crippen LogP contribution in [0.2, 0.25) is 0 Å². The molecule has 0 aromatic carbocycles. The van der Waals surface area contributed by atoms with E-state index in [-0.39, 0.29) is 17.8 Å². The maximum Gasteiger partial charge on any atom is 0.411 e. The molecular formula is C17H30N2O6S. The quantitative estimate of drug-likeness (QED) is 0.743. The van der Waals surface area contributed by atoms with Crippen molar-refractivity contribution in [1.29, 1.82) is 0 Å². The standard InChI is InChI=1S/C17H30N2O6S/c1-16(2,3)24-14(22)18-12(13(20)21)8-7-11-9-19(10-26-11)15(23)25-17(4,5)6/h11-12H,7-10H2,1-6H3,(H,18,22)(H,20,21). The molecule has 150 valence electrons. The van der Waals surface area contributed by atoms with Gasteiger partial charge in [0, 0.05) is 11.8 Å². The molecule has 1 heterocycles. The van der Waals surface area contributed by atoms with Crippen LogP contribution in [0.1, 0.15) is 54.4 Å². The molecule has 0 spiro atoms. The second-order valence-electron chi connectivity index (χ2n) is 8.23. The molecule has 2 N–H and O–H groups in total. The Hall–Kier alpha value is -1.64. The molecule has 2 amide bonds. The second-order valence-corrected chi connectivity index (χ2v) is 9.49. The summed E-state index contributed by atoms with van der Waals surface area (Å²) in [6, 6.07) is -1.03. The number of amides is 2. The average molecular weight is 391 g/mol. The van der Waals surface area contributed by atoms with Gasteiger partial charge in [-0.15, -0.1) is 11.8 Å². The minimum Gasteiger partial charge on any atom is -0.480 e. The van der Waals surface area contributed by atoms with Gasteiger partial charge in [-0.05, 0) is 54.4 Å². The van der Waals surface area contributed by atoms with Crippen molar-refractivity contribution in [3.05, 3.63) is 0 Å². The molecule has 9 heteroatoms. The van der Waals surface area contributed by atoms with E-state index in [2.05, 4.69) is 5.32 Å². The van der Waals surface area contributed by atoms with Gasteiger partial charge in [0.25, 0.3) is 0 Å². The van der Waals surface area contributed by atoms with Crippen molar-refractivity contribution in [2.75, 3.05) is 12.4 Å². The first-order valence-corrected chi connectivity index (χ1v) is 9.63. The summed E-state index contributed by atoms with van der Waals surface area (Å²) >= 11 is 1.58. The van der Waals surface area contributed by atoms with Crippen LogP contribution in [0.5, 0.6) is 0 Å². The van der Waals surface area contributed by atoms with E-state index in [0.29, 0.717) is 18.8 Å². The first-order chi connectivity index (χ1) is 11.8. The number of hydrogen-bond donors (Lipinski definition) is 2. The Morgan fingerprint density at radius 1 is 1.15 bits per heavy atom. The van der Waals surface area contributed by atoms with E-state index in [1.54, 1.807) is 37.4 Å². The fourth-order valence-electron chi connectivity index (χ4n) is 2.23. The number of rotatable bonds is 5. The topological polar surface area (TPSA) is 105 Å². The number of carboxylic acid groups (broad SMARTS) is 1. The van der Waals surface area contributed by atoms with Crippen LogP contribution in [-0.4, -0.2) is 63.1 Å². The van der Waals surface area contributed by atoms with Crippen LogP contribution < -0.4 is 5.32 Å². The summed E-state index contributed by atoms with van der Waals surface area (Å²) in [7, 11) is 0. The van der Waals surface area contributed by atoms with E-state index in [1.807, 2.05) is 20.8 Å². The van der Waals surface area contributed by atoms with Gasteiger partial charge in [-0.25, -0.2) is 14.4 Å². The molecule has 1 rings (SSSR count). The maximum atomic E-state index is 12.1. The van der Waals surface area contributed by atoms with Crippen LogP contribution in [0.15, 0.2) is 0 Å². The van der Waals surface area contributed by atoms with E-state index in [9.17, 15) is 19.5 Å². The molecule has 0 bridgehead atoms. The predicted molar refractivity (Wildman–Crippen MR) is 99.2 cm³/mol. The van der Waals surface area contributed by atoms with Crippen molar-refractivity contribution in [3.8, 4) is 0 Å². The molecule has 1 fully saturated rings. The van der Waals surface area contributed by atoms with Gasteiger partial charge >= 0.3 is 18.2 Å². The van der Waals surface area contributed by atoms with Crippen molar-refractivity contribution in [2.45, 2.75) is 76.9 Å². The molecule has 2 unspecified atom stereocenters. The maximum absolute atomic E-state index is 12.1. The number of alkyl carbamates (subject to hydrolysis) is 1. The lowest BCUT2D eigenvalue weighted by molar-refractivity contribution is -0.139. The number of aliphatic carboxylic acids is 1. The van der Waals surface area contributed by atoms with Crippen LogP contribution >= 0.6 is 11.8 Å². The van der Waals surface area contributed by atoms with Gasteiger partial charge in [0.15, 0.2) is 0 Å². The van der Waals surface area contributed by atoms with E-state index >= 15 is 0 Å². The lowest BCUT2D eigenvalue weighted by Gasteiger charge is -2.24. The number of hydrogen-bond acceptors (Lipinski definition) is 6. The van der Waals surface area contributed by atoms with Gasteiger partial charge < -0.3 is 19.9 Å².